The highest BCUT2D eigenvalue weighted by Gasteiger charge is 2.28. The molecule has 0 saturated carbocycles. The monoisotopic (exact) mass is 263 g/mol. The van der Waals surface area contributed by atoms with E-state index >= 15 is 0 Å². The van der Waals surface area contributed by atoms with E-state index < -0.39 is 7.82 Å². The number of nitrogens with one attached hydrogen (secondary N) is 3. The first-order valence-corrected chi connectivity index (χ1v) is 6.31. The molecule has 0 bridgehead atoms. The van der Waals surface area contributed by atoms with Gasteiger partial charge in [0, 0.05) is 19.6 Å². The summed E-state index contributed by atoms with van der Waals surface area (Å²) < 4.78 is 26.2. The van der Waals surface area contributed by atoms with Crippen LogP contribution in [0.5, 0.6) is 0 Å². The second-order valence-electron chi connectivity index (χ2n) is 2.63. The fourth-order valence-corrected chi connectivity index (χ4v) is 1.39. The lowest BCUT2D eigenvalue weighted by atomic mass is 10.7. The zero-order chi connectivity index (χ0) is 13.0. The smallest absolute Gasteiger partial charge is 0.223 e. The van der Waals surface area contributed by atoms with E-state index in [4.69, 9.17) is 13.9 Å². The molecule has 3 N–H and O–H groups in total. The Bertz CT molecular complexity index is 243. The van der Waals surface area contributed by atoms with Gasteiger partial charge in [0.25, 0.3) is 0 Å². The van der Waals surface area contributed by atoms with Crippen molar-refractivity contribution in [2.75, 3.05) is 19.6 Å². The maximum Gasteiger partial charge on any atom is 0.524 e. The van der Waals surface area contributed by atoms with Crippen molar-refractivity contribution in [3.05, 3.63) is 38.0 Å². The Morgan fingerprint density at radius 3 is 1.35 bits per heavy atom. The van der Waals surface area contributed by atoms with Crippen LogP contribution in [-0.4, -0.2) is 19.6 Å². The van der Waals surface area contributed by atoms with E-state index in [9.17, 15) is 4.57 Å². The maximum atomic E-state index is 11.9. The molecule has 0 aliphatic heterocycles. The van der Waals surface area contributed by atoms with E-state index in [0.717, 1.165) is 0 Å². The van der Waals surface area contributed by atoms with Gasteiger partial charge in [-0.3, -0.25) is 0 Å². The third-order valence-electron chi connectivity index (χ3n) is 1.21. The number of hydrogen-bond acceptors (Lipinski definition) is 7. The van der Waals surface area contributed by atoms with Crippen molar-refractivity contribution in [3.63, 3.8) is 0 Å². The van der Waals surface area contributed by atoms with E-state index in [1.807, 2.05) is 0 Å². The lowest BCUT2D eigenvalue weighted by molar-refractivity contribution is 0.0234. The Balaban J connectivity index is 4.12. The van der Waals surface area contributed by atoms with Crippen LogP contribution in [0.3, 0.4) is 0 Å². The predicted molar refractivity (Wildman–Crippen MR) is 65.5 cm³/mol. The molecule has 98 valence electrons. The molecular weight excluding hydrogens is 245 g/mol. The van der Waals surface area contributed by atoms with Crippen LogP contribution in [0.4, 0.5) is 0 Å². The summed E-state index contributed by atoms with van der Waals surface area (Å²) in [6, 6.07) is 0. The van der Waals surface area contributed by atoms with Gasteiger partial charge < -0.3 is 0 Å². The SMILES string of the molecule is C=CCNOP(=O)(ONCC=C)ONCC=C. The van der Waals surface area contributed by atoms with Crippen molar-refractivity contribution in [1.29, 1.82) is 0 Å². The molecule has 0 aliphatic carbocycles. The molecule has 0 spiro atoms. The molecule has 0 rings (SSSR count). The summed E-state index contributed by atoms with van der Waals surface area (Å²) >= 11 is 0. The number of hydroxylamine groups is 3. The summed E-state index contributed by atoms with van der Waals surface area (Å²) in [5, 5.41) is 0. The first-order valence-electron chi connectivity index (χ1n) is 4.85. The van der Waals surface area contributed by atoms with Crippen LogP contribution in [-0.2, 0) is 18.4 Å². The minimum atomic E-state index is -3.79. The van der Waals surface area contributed by atoms with E-state index in [1.54, 1.807) is 0 Å². The highest BCUT2D eigenvalue weighted by atomic mass is 31.2. The molecule has 8 heteroatoms. The average Bonchev–Trinajstić information content (AvgIpc) is 2.30. The predicted octanol–water partition coefficient (Wildman–Crippen LogP) is 1.22. The van der Waals surface area contributed by atoms with Crippen molar-refractivity contribution in [1.82, 2.24) is 16.4 Å². The molecule has 0 atom stereocenters. The average molecular weight is 263 g/mol. The van der Waals surface area contributed by atoms with Crippen LogP contribution in [0.15, 0.2) is 38.0 Å². The summed E-state index contributed by atoms with van der Waals surface area (Å²) in [5.74, 6) is 0. The van der Waals surface area contributed by atoms with Crippen LogP contribution in [0.25, 0.3) is 0 Å². The van der Waals surface area contributed by atoms with Crippen LogP contribution < -0.4 is 16.4 Å². The minimum Gasteiger partial charge on any atom is -0.223 e. The molecule has 0 unspecified atom stereocenters. The van der Waals surface area contributed by atoms with Gasteiger partial charge in [-0.05, 0) is 0 Å². The summed E-state index contributed by atoms with van der Waals surface area (Å²) in [6.07, 6.45) is 4.58. The molecule has 0 aromatic rings. The first kappa shape index (κ1) is 16.2. The fourth-order valence-electron chi connectivity index (χ4n) is 0.582. The van der Waals surface area contributed by atoms with Gasteiger partial charge in [0.1, 0.15) is 0 Å². The normalized spacial score (nSPS) is 11.1. The van der Waals surface area contributed by atoms with Crippen LogP contribution >= 0.6 is 7.82 Å². The van der Waals surface area contributed by atoms with Gasteiger partial charge in [-0.25, -0.2) is 4.57 Å². The number of rotatable bonds is 12. The van der Waals surface area contributed by atoms with Gasteiger partial charge in [-0.15, -0.1) is 19.7 Å². The van der Waals surface area contributed by atoms with Gasteiger partial charge in [0.05, 0.1) is 0 Å². The first-order chi connectivity index (χ1) is 8.18. The van der Waals surface area contributed by atoms with Gasteiger partial charge in [0.2, 0.25) is 0 Å². The van der Waals surface area contributed by atoms with Crippen LogP contribution in [0, 0.1) is 0 Å². The van der Waals surface area contributed by atoms with Crippen molar-refractivity contribution >= 4 is 7.82 Å². The summed E-state index contributed by atoms with van der Waals surface area (Å²) in [4.78, 5) is 0. The van der Waals surface area contributed by atoms with Crippen molar-refractivity contribution in [2.24, 2.45) is 0 Å². The van der Waals surface area contributed by atoms with E-state index in [0.29, 0.717) is 19.6 Å². The fraction of sp³-hybridized carbons (Fsp3) is 0.333. The van der Waals surface area contributed by atoms with Crippen molar-refractivity contribution < 1.29 is 18.4 Å². The topological polar surface area (TPSA) is 80.9 Å². The largest absolute Gasteiger partial charge is 0.524 e. The Labute approximate surface area is 101 Å². The van der Waals surface area contributed by atoms with Crippen molar-refractivity contribution in [2.45, 2.75) is 0 Å². The molecule has 0 aliphatic rings. The summed E-state index contributed by atoms with van der Waals surface area (Å²) in [6.45, 7) is 11.3. The molecular formula is C9H18N3O4P. The maximum absolute atomic E-state index is 11.9. The van der Waals surface area contributed by atoms with Crippen LogP contribution in [0.1, 0.15) is 0 Å². The lowest BCUT2D eigenvalue weighted by Crippen LogP contribution is -2.24. The van der Waals surface area contributed by atoms with Gasteiger partial charge in [-0.1, -0.05) is 18.2 Å². The van der Waals surface area contributed by atoms with Crippen LogP contribution in [0.2, 0.25) is 0 Å². The standard InChI is InChI=1S/C9H18N3O4P/c1-4-7-10-14-17(13,15-11-8-5-2)16-12-9-6-3/h4-6,10-12H,1-3,7-9H2. The molecule has 0 radical (unpaired) electrons. The summed E-state index contributed by atoms with van der Waals surface area (Å²) in [7, 11) is -3.79. The molecule has 0 aromatic heterocycles. The minimum absolute atomic E-state index is 0.291. The highest BCUT2D eigenvalue weighted by Crippen LogP contribution is 2.46. The molecule has 0 saturated heterocycles. The lowest BCUT2D eigenvalue weighted by Gasteiger charge is -2.16. The third kappa shape index (κ3) is 8.96. The van der Waals surface area contributed by atoms with Gasteiger partial charge in [-0.2, -0.15) is 30.3 Å². The van der Waals surface area contributed by atoms with E-state index in [1.165, 1.54) is 18.2 Å². The Hall–Kier alpha value is -0.790. The molecule has 0 heterocycles. The number of phosphoric acid groups is 1. The second kappa shape index (κ2) is 10.4. The van der Waals surface area contributed by atoms with Crippen molar-refractivity contribution in [3.8, 4) is 0 Å². The number of hydrogen-bond donors (Lipinski definition) is 3. The van der Waals surface area contributed by atoms with E-state index in [-0.39, 0.29) is 0 Å². The van der Waals surface area contributed by atoms with Gasteiger partial charge in [0.15, 0.2) is 0 Å². The zero-order valence-corrected chi connectivity index (χ0v) is 10.4. The third-order valence-corrected chi connectivity index (χ3v) is 2.27. The van der Waals surface area contributed by atoms with Gasteiger partial charge >= 0.3 is 7.82 Å². The molecule has 17 heavy (non-hydrogen) atoms. The molecule has 0 fully saturated rings. The van der Waals surface area contributed by atoms with E-state index in [2.05, 4.69) is 36.2 Å². The Kier molecular flexibility index (Phi) is 9.89. The summed E-state index contributed by atoms with van der Waals surface area (Å²) in [5.41, 5.74) is 7.10. The molecule has 7 nitrogen and oxygen atoms in total. The highest BCUT2D eigenvalue weighted by molar-refractivity contribution is 7.48. The Morgan fingerprint density at radius 2 is 1.12 bits per heavy atom. The quantitative estimate of drug-likeness (QED) is 0.211. The second-order valence-corrected chi connectivity index (χ2v) is 4.07. The Morgan fingerprint density at radius 1 is 0.824 bits per heavy atom. The molecule has 0 amide bonds. The molecule has 0 aromatic carbocycles. The zero-order valence-electron chi connectivity index (χ0n) is 9.55.